The number of phenolic OH excluding ortho intramolecular Hbond substituents is 1. The maximum Gasteiger partial charge on any atom is 0.139 e. The van der Waals surface area contributed by atoms with E-state index in [0.29, 0.717) is 11.6 Å². The Morgan fingerprint density at radius 2 is 1.78 bits per heavy atom. The van der Waals surface area contributed by atoms with E-state index in [1.54, 1.807) is 6.07 Å². The first-order chi connectivity index (χ1) is 8.72. The van der Waals surface area contributed by atoms with Crippen molar-refractivity contribution in [2.75, 3.05) is 5.32 Å². The number of halogens is 1. The molecule has 0 bridgehead atoms. The number of aromatic hydroxyl groups is 1. The monoisotopic (exact) mass is 261 g/mol. The van der Waals surface area contributed by atoms with Gasteiger partial charge in [0.25, 0.3) is 0 Å². The maximum absolute atomic E-state index is 9.83. The van der Waals surface area contributed by atoms with Crippen molar-refractivity contribution in [3.8, 4) is 5.75 Å². The summed E-state index contributed by atoms with van der Waals surface area (Å²) in [6.45, 7) is 2.68. The van der Waals surface area contributed by atoms with Crippen LogP contribution in [0.3, 0.4) is 0 Å². The van der Waals surface area contributed by atoms with Crippen molar-refractivity contribution in [1.82, 2.24) is 0 Å². The van der Waals surface area contributed by atoms with Crippen LogP contribution >= 0.6 is 11.6 Å². The van der Waals surface area contributed by atoms with Crippen molar-refractivity contribution in [1.29, 1.82) is 0 Å². The number of anilines is 1. The van der Waals surface area contributed by atoms with E-state index in [9.17, 15) is 5.11 Å². The van der Waals surface area contributed by atoms with Gasteiger partial charge in [0.2, 0.25) is 0 Å². The highest BCUT2D eigenvalue weighted by Gasteiger charge is 2.05. The first-order valence-corrected chi connectivity index (χ1v) is 6.38. The summed E-state index contributed by atoms with van der Waals surface area (Å²) >= 11 is 5.88. The molecule has 18 heavy (non-hydrogen) atoms. The van der Waals surface area contributed by atoms with Crippen LogP contribution in [0.4, 0.5) is 5.69 Å². The summed E-state index contributed by atoms with van der Waals surface area (Å²) in [7, 11) is 0. The Bertz CT molecular complexity index is 540. The molecule has 2 rings (SSSR count). The molecule has 2 N–H and O–H groups in total. The minimum Gasteiger partial charge on any atom is -0.506 e. The van der Waals surface area contributed by atoms with Crippen molar-refractivity contribution in [2.24, 2.45) is 0 Å². The molecule has 2 aromatic rings. The molecule has 3 heteroatoms. The maximum atomic E-state index is 9.83. The number of phenols is 1. The lowest BCUT2D eigenvalue weighted by molar-refractivity contribution is 0.469. The third-order valence-electron chi connectivity index (χ3n) is 2.94. The molecule has 0 aromatic heterocycles. The van der Waals surface area contributed by atoms with E-state index in [1.165, 1.54) is 5.56 Å². The van der Waals surface area contributed by atoms with Crippen LogP contribution in [0.15, 0.2) is 42.5 Å². The SMILES string of the molecule is CCc1ccccc1NCc1cccc(Cl)c1O. The smallest absolute Gasteiger partial charge is 0.139 e. The van der Waals surface area contributed by atoms with Gasteiger partial charge < -0.3 is 10.4 Å². The lowest BCUT2D eigenvalue weighted by Gasteiger charge is -2.12. The van der Waals surface area contributed by atoms with Crippen LogP contribution in [0.5, 0.6) is 5.75 Å². The number of rotatable bonds is 4. The number of benzene rings is 2. The predicted octanol–water partition coefficient (Wildman–Crippen LogP) is 4.22. The molecule has 0 radical (unpaired) electrons. The molecule has 0 amide bonds. The molecular formula is C15H16ClNO. The van der Waals surface area contributed by atoms with Gasteiger partial charge >= 0.3 is 0 Å². The highest BCUT2D eigenvalue weighted by molar-refractivity contribution is 6.32. The fourth-order valence-electron chi connectivity index (χ4n) is 1.89. The first kappa shape index (κ1) is 12.8. The highest BCUT2D eigenvalue weighted by Crippen LogP contribution is 2.27. The lowest BCUT2D eigenvalue weighted by Crippen LogP contribution is -2.02. The van der Waals surface area contributed by atoms with E-state index in [4.69, 9.17) is 11.6 Å². The molecule has 94 valence electrons. The third kappa shape index (κ3) is 2.77. The summed E-state index contributed by atoms with van der Waals surface area (Å²) in [5.74, 6) is 0.153. The molecule has 0 atom stereocenters. The van der Waals surface area contributed by atoms with E-state index in [-0.39, 0.29) is 5.75 Å². The summed E-state index contributed by atoms with van der Waals surface area (Å²) in [4.78, 5) is 0. The zero-order valence-electron chi connectivity index (χ0n) is 10.3. The summed E-state index contributed by atoms with van der Waals surface area (Å²) in [6.07, 6.45) is 0.977. The Morgan fingerprint density at radius 1 is 1.06 bits per heavy atom. The van der Waals surface area contributed by atoms with Crippen molar-refractivity contribution in [3.05, 3.63) is 58.6 Å². The molecule has 0 unspecified atom stereocenters. The number of aryl methyl sites for hydroxylation is 1. The fourth-order valence-corrected chi connectivity index (χ4v) is 2.09. The number of hydrogen-bond acceptors (Lipinski definition) is 2. The minimum absolute atomic E-state index is 0.153. The molecule has 0 spiro atoms. The van der Waals surface area contributed by atoms with Crippen molar-refractivity contribution < 1.29 is 5.11 Å². The molecule has 2 aromatic carbocycles. The van der Waals surface area contributed by atoms with Crippen LogP contribution < -0.4 is 5.32 Å². The van der Waals surface area contributed by atoms with E-state index in [1.807, 2.05) is 30.3 Å². The average molecular weight is 262 g/mol. The molecule has 0 heterocycles. The summed E-state index contributed by atoms with van der Waals surface area (Å²) in [5, 5.41) is 13.5. The molecule has 0 saturated carbocycles. The van der Waals surface area contributed by atoms with Crippen LogP contribution in [-0.2, 0) is 13.0 Å². The predicted molar refractivity (Wildman–Crippen MR) is 76.3 cm³/mol. The number of nitrogens with one attached hydrogen (secondary N) is 1. The Labute approximate surface area is 112 Å². The van der Waals surface area contributed by atoms with Gasteiger partial charge in [-0.2, -0.15) is 0 Å². The molecular weight excluding hydrogens is 246 g/mol. The Hall–Kier alpha value is -1.67. The zero-order chi connectivity index (χ0) is 13.0. The van der Waals surface area contributed by atoms with Gasteiger partial charge in [0.05, 0.1) is 5.02 Å². The van der Waals surface area contributed by atoms with Gasteiger partial charge in [-0.1, -0.05) is 48.9 Å². The van der Waals surface area contributed by atoms with Gasteiger partial charge in [-0.25, -0.2) is 0 Å². The van der Waals surface area contributed by atoms with Crippen molar-refractivity contribution in [2.45, 2.75) is 19.9 Å². The van der Waals surface area contributed by atoms with E-state index >= 15 is 0 Å². The fraction of sp³-hybridized carbons (Fsp3) is 0.200. The lowest BCUT2D eigenvalue weighted by atomic mass is 10.1. The number of para-hydroxylation sites is 2. The standard InChI is InChI=1S/C15H16ClNO/c1-2-11-6-3-4-9-14(11)17-10-12-7-5-8-13(16)15(12)18/h3-9,17-18H,2,10H2,1H3. The second kappa shape index (κ2) is 5.78. The van der Waals surface area contributed by atoms with E-state index in [2.05, 4.69) is 18.3 Å². The Morgan fingerprint density at radius 3 is 2.56 bits per heavy atom. The number of hydrogen-bond donors (Lipinski definition) is 2. The molecule has 0 aliphatic carbocycles. The largest absolute Gasteiger partial charge is 0.506 e. The van der Waals surface area contributed by atoms with E-state index in [0.717, 1.165) is 17.7 Å². The highest BCUT2D eigenvalue weighted by atomic mass is 35.5. The van der Waals surface area contributed by atoms with Gasteiger partial charge in [0.1, 0.15) is 5.75 Å². The molecule has 0 saturated heterocycles. The first-order valence-electron chi connectivity index (χ1n) is 6.00. The van der Waals surface area contributed by atoms with Gasteiger partial charge in [0, 0.05) is 17.8 Å². The zero-order valence-corrected chi connectivity index (χ0v) is 11.0. The summed E-state index contributed by atoms with van der Waals surface area (Å²) in [5.41, 5.74) is 3.16. The van der Waals surface area contributed by atoms with Gasteiger partial charge in [-0.05, 0) is 24.1 Å². The van der Waals surface area contributed by atoms with E-state index < -0.39 is 0 Å². The quantitative estimate of drug-likeness (QED) is 0.864. The molecule has 0 fully saturated rings. The van der Waals surface area contributed by atoms with Crippen LogP contribution in [0, 0.1) is 0 Å². The van der Waals surface area contributed by atoms with Gasteiger partial charge in [-0.3, -0.25) is 0 Å². The normalized spacial score (nSPS) is 10.3. The Kier molecular flexibility index (Phi) is 4.11. The van der Waals surface area contributed by atoms with Crippen LogP contribution in [0.1, 0.15) is 18.1 Å². The van der Waals surface area contributed by atoms with Crippen molar-refractivity contribution in [3.63, 3.8) is 0 Å². The molecule has 2 nitrogen and oxygen atoms in total. The van der Waals surface area contributed by atoms with Gasteiger partial charge in [0.15, 0.2) is 0 Å². The topological polar surface area (TPSA) is 32.3 Å². The molecule has 0 aliphatic rings. The molecule has 0 aliphatic heterocycles. The summed E-state index contributed by atoms with van der Waals surface area (Å²) in [6, 6.07) is 13.6. The second-order valence-electron chi connectivity index (χ2n) is 4.11. The van der Waals surface area contributed by atoms with Crippen LogP contribution in [-0.4, -0.2) is 5.11 Å². The third-order valence-corrected chi connectivity index (χ3v) is 3.24. The van der Waals surface area contributed by atoms with Gasteiger partial charge in [-0.15, -0.1) is 0 Å². The second-order valence-corrected chi connectivity index (χ2v) is 4.52. The summed E-state index contributed by atoms with van der Waals surface area (Å²) < 4.78 is 0. The van der Waals surface area contributed by atoms with Crippen LogP contribution in [0.2, 0.25) is 5.02 Å². The average Bonchev–Trinajstić information content (AvgIpc) is 2.41. The Balaban J connectivity index is 2.14. The minimum atomic E-state index is 0.153. The van der Waals surface area contributed by atoms with Crippen molar-refractivity contribution >= 4 is 17.3 Å². The van der Waals surface area contributed by atoms with Crippen LogP contribution in [0.25, 0.3) is 0 Å².